The van der Waals surface area contributed by atoms with E-state index < -0.39 is 37.0 Å². The normalized spacial score (nSPS) is 24.8. The lowest BCUT2D eigenvalue weighted by molar-refractivity contribution is -0.384. The van der Waals surface area contributed by atoms with Gasteiger partial charge in [0, 0.05) is 61.6 Å². The van der Waals surface area contributed by atoms with E-state index in [0.29, 0.717) is 49.3 Å². The smallest absolute Gasteiger partial charge is 0.312 e. The summed E-state index contributed by atoms with van der Waals surface area (Å²) in [5.74, 6) is 0.260. The number of pyridine rings is 2. The van der Waals surface area contributed by atoms with E-state index >= 15 is 0 Å². The lowest BCUT2D eigenvalue weighted by Crippen LogP contribution is -2.63. The van der Waals surface area contributed by atoms with Crippen molar-refractivity contribution in [2.24, 2.45) is 11.3 Å². The molecule has 0 bridgehead atoms. The number of H-pyrrole nitrogens is 1. The third kappa shape index (κ3) is 8.85. The van der Waals surface area contributed by atoms with Gasteiger partial charge in [-0.2, -0.15) is 0 Å². The van der Waals surface area contributed by atoms with Crippen LogP contribution in [0.1, 0.15) is 105 Å². The number of benzene rings is 2. The third-order valence-corrected chi connectivity index (χ3v) is 16.4. The number of morpholine rings is 1. The molecule has 10 rings (SSSR count). The summed E-state index contributed by atoms with van der Waals surface area (Å²) in [7, 11) is -4.63. The molecule has 16 nitrogen and oxygen atoms in total. The third-order valence-electron chi connectivity index (χ3n) is 15.1. The number of carbonyl (C=O) groups is 1. The van der Waals surface area contributed by atoms with Crippen LogP contribution in [0.15, 0.2) is 84.1 Å². The molecule has 66 heavy (non-hydrogen) atoms. The minimum atomic E-state index is -4.63. The molecule has 5 aliphatic rings. The number of aliphatic hydroxyl groups is 1. The number of aromatic amines is 1. The standard InChI is InChI=1S/C49H58N8O8S/c1-47(59)14-11-32(12-15-47)28-51-45-42(57(60)61)25-38(30-53-45)66(62,63)54-46(58)40-10-9-35(24-43(40)65-37-23-34-13-18-50-44(34)52-29-37)55-19-16-49(17-20-55)26-36(27-49)56-21-22-64-31-48(56,2)41-6-4-3-5-39(41)33-7-8-33/h3-6,9-10,13,18,23-25,29-30,32-33,36,59H,7-8,11-12,14-17,19-22,26-28,31H2,1-2H3,(H,50,52)(H,51,53)(H,54,58)/t32-,47-,48-/m0/s1. The van der Waals surface area contributed by atoms with Crippen molar-refractivity contribution < 1.29 is 32.7 Å². The van der Waals surface area contributed by atoms with Gasteiger partial charge in [-0.3, -0.25) is 19.8 Å². The highest BCUT2D eigenvalue weighted by atomic mass is 32.2. The average molecular weight is 919 g/mol. The number of aromatic nitrogens is 3. The zero-order chi connectivity index (χ0) is 45.8. The van der Waals surface area contributed by atoms with Gasteiger partial charge in [-0.05, 0) is 131 Å². The first-order valence-electron chi connectivity index (χ1n) is 23.3. The fourth-order valence-corrected chi connectivity index (χ4v) is 12.0. The summed E-state index contributed by atoms with van der Waals surface area (Å²) in [5.41, 5.74) is 3.19. The predicted octanol–water partition coefficient (Wildman–Crippen LogP) is 8.00. The molecule has 5 aromatic rings. The first-order chi connectivity index (χ1) is 31.7. The molecule has 17 heteroatoms. The maximum Gasteiger partial charge on any atom is 0.312 e. The number of nitrogens with zero attached hydrogens (tertiary/aromatic N) is 5. The molecule has 2 saturated heterocycles. The van der Waals surface area contributed by atoms with Gasteiger partial charge in [0.1, 0.15) is 22.0 Å². The number of fused-ring (bicyclic) bond motifs is 1. The molecule has 1 amide bonds. The molecule has 0 unspecified atom stereocenters. The molecular formula is C49H58N8O8S. The van der Waals surface area contributed by atoms with Crippen LogP contribution in [0.5, 0.6) is 11.5 Å². The van der Waals surface area contributed by atoms with Gasteiger partial charge in [0.15, 0.2) is 0 Å². The second-order valence-electron chi connectivity index (χ2n) is 19.9. The summed E-state index contributed by atoms with van der Waals surface area (Å²) >= 11 is 0. The van der Waals surface area contributed by atoms with E-state index in [1.54, 1.807) is 37.4 Å². The highest BCUT2D eigenvalue weighted by Gasteiger charge is 2.53. The Hall–Kier alpha value is -5.62. The van der Waals surface area contributed by atoms with Crippen molar-refractivity contribution in [3.05, 3.63) is 106 Å². The molecule has 3 aromatic heterocycles. The van der Waals surface area contributed by atoms with Crippen molar-refractivity contribution in [2.75, 3.05) is 49.6 Å². The molecule has 4 N–H and O–H groups in total. The van der Waals surface area contributed by atoms with E-state index in [-0.39, 0.29) is 34.0 Å². The van der Waals surface area contributed by atoms with Crippen molar-refractivity contribution >= 4 is 44.2 Å². The van der Waals surface area contributed by atoms with Crippen LogP contribution in [0, 0.1) is 21.4 Å². The SMILES string of the molecule is C[C@@]1(c2ccccc2C2CC2)COCCN1C1CC2(CCN(c3ccc(C(=O)NS(=O)(=O)c4cnc(NC[C@H]5CC[C@](C)(O)CC5)c([N+](=O)[O-])c4)c(Oc4cnc5[nH]ccc5c4)c3)CC2)C1. The Kier molecular flexibility index (Phi) is 11.5. The van der Waals surface area contributed by atoms with Gasteiger partial charge in [-0.1, -0.05) is 24.3 Å². The van der Waals surface area contributed by atoms with Crippen molar-refractivity contribution in [1.82, 2.24) is 24.6 Å². The summed E-state index contributed by atoms with van der Waals surface area (Å²) in [5, 5.41) is 26.2. The van der Waals surface area contributed by atoms with Crippen LogP contribution >= 0.6 is 0 Å². The van der Waals surface area contributed by atoms with E-state index in [2.05, 4.69) is 66.0 Å². The number of piperidine rings is 1. The number of nitrogens with one attached hydrogen (secondary N) is 3. The molecular weight excluding hydrogens is 861 g/mol. The summed E-state index contributed by atoms with van der Waals surface area (Å²) in [6.45, 7) is 8.55. The van der Waals surface area contributed by atoms with E-state index in [0.717, 1.165) is 88.1 Å². The fourth-order valence-electron chi connectivity index (χ4n) is 11.0. The number of rotatable bonds is 13. The van der Waals surface area contributed by atoms with E-state index in [1.165, 1.54) is 30.2 Å². The number of carbonyl (C=O) groups excluding carboxylic acids is 1. The Bertz CT molecular complexity index is 2750. The minimum Gasteiger partial charge on any atom is -0.455 e. The number of anilines is 2. The monoisotopic (exact) mass is 918 g/mol. The lowest BCUT2D eigenvalue weighted by atomic mass is 9.59. The molecule has 1 atom stereocenters. The van der Waals surface area contributed by atoms with Crippen molar-refractivity contribution in [3.63, 3.8) is 0 Å². The molecule has 5 fully saturated rings. The van der Waals surface area contributed by atoms with Crippen LogP contribution in [0.25, 0.3) is 11.0 Å². The number of hydrogen-bond acceptors (Lipinski definition) is 13. The van der Waals surface area contributed by atoms with E-state index in [9.17, 15) is 28.4 Å². The molecule has 2 aliphatic heterocycles. The summed E-state index contributed by atoms with van der Waals surface area (Å²) in [6, 6.07) is 19.1. The van der Waals surface area contributed by atoms with Gasteiger partial charge in [0.05, 0.1) is 47.2 Å². The first kappa shape index (κ1) is 44.2. The lowest BCUT2D eigenvalue weighted by Gasteiger charge is -2.60. The Morgan fingerprint density at radius 2 is 1.76 bits per heavy atom. The van der Waals surface area contributed by atoms with Gasteiger partial charge < -0.3 is 29.8 Å². The summed E-state index contributed by atoms with van der Waals surface area (Å²) in [4.78, 5) is 41.5. The quantitative estimate of drug-likeness (QED) is 0.0654. The molecule has 1 spiro atoms. The fraction of sp³-hybridized carbons (Fsp3) is 0.490. The Balaban J connectivity index is 0.840. The van der Waals surface area contributed by atoms with E-state index in [4.69, 9.17) is 9.47 Å². The zero-order valence-electron chi connectivity index (χ0n) is 37.5. The van der Waals surface area contributed by atoms with Crippen LogP contribution in [0.2, 0.25) is 0 Å². The highest BCUT2D eigenvalue weighted by molar-refractivity contribution is 7.90. The Labute approximate surface area is 384 Å². The van der Waals surface area contributed by atoms with Gasteiger partial charge in [-0.15, -0.1) is 0 Å². The Morgan fingerprint density at radius 1 is 0.985 bits per heavy atom. The van der Waals surface area contributed by atoms with Crippen LogP contribution < -0.4 is 19.7 Å². The van der Waals surface area contributed by atoms with E-state index in [1.807, 2.05) is 6.07 Å². The predicted molar refractivity (Wildman–Crippen MR) is 249 cm³/mol. The number of sulfonamides is 1. The number of nitro groups is 1. The maximum atomic E-state index is 14.0. The first-order valence-corrected chi connectivity index (χ1v) is 24.8. The summed E-state index contributed by atoms with van der Waals surface area (Å²) < 4.78 is 42.1. The molecule has 3 aliphatic carbocycles. The topological polar surface area (TPSA) is 205 Å². The second-order valence-corrected chi connectivity index (χ2v) is 21.5. The van der Waals surface area contributed by atoms with Crippen molar-refractivity contribution in [1.29, 1.82) is 0 Å². The minimum absolute atomic E-state index is 0.0455. The van der Waals surface area contributed by atoms with Gasteiger partial charge in [-0.25, -0.2) is 23.1 Å². The molecule has 2 aromatic carbocycles. The van der Waals surface area contributed by atoms with Gasteiger partial charge in [0.25, 0.3) is 15.9 Å². The van der Waals surface area contributed by atoms with Crippen LogP contribution in [0.4, 0.5) is 17.2 Å². The van der Waals surface area contributed by atoms with Crippen LogP contribution in [0.3, 0.4) is 0 Å². The number of hydrogen-bond donors (Lipinski definition) is 4. The molecule has 3 saturated carbocycles. The molecule has 5 heterocycles. The number of amides is 1. The molecule has 348 valence electrons. The Morgan fingerprint density at radius 3 is 2.52 bits per heavy atom. The van der Waals surface area contributed by atoms with Crippen molar-refractivity contribution in [3.8, 4) is 11.5 Å². The largest absolute Gasteiger partial charge is 0.455 e. The molecule has 0 radical (unpaired) electrons. The second kappa shape index (κ2) is 17.2. The maximum absolute atomic E-state index is 14.0. The van der Waals surface area contributed by atoms with Crippen LogP contribution in [-0.4, -0.2) is 95.2 Å². The van der Waals surface area contributed by atoms with Gasteiger partial charge in [0.2, 0.25) is 5.82 Å². The zero-order valence-corrected chi connectivity index (χ0v) is 38.3. The average Bonchev–Trinajstić information content (AvgIpc) is 4.04. The van der Waals surface area contributed by atoms with Gasteiger partial charge >= 0.3 is 5.69 Å². The highest BCUT2D eigenvalue weighted by Crippen LogP contribution is 2.55. The van der Waals surface area contributed by atoms with Crippen LogP contribution in [-0.2, 0) is 20.3 Å². The number of ether oxygens (including phenoxy) is 2. The summed E-state index contributed by atoms with van der Waals surface area (Å²) in [6.07, 6.45) is 13.8. The van der Waals surface area contributed by atoms with Crippen molar-refractivity contribution in [2.45, 2.75) is 106 Å².